The molecule has 3 heterocycles. The molecule has 1 aliphatic heterocycles. The molecule has 0 spiro atoms. The molecule has 7 nitrogen and oxygen atoms in total. The molecule has 0 radical (unpaired) electrons. The number of amides is 1. The Bertz CT molecular complexity index is 737. The molecule has 2 aromatic rings. The van der Waals surface area contributed by atoms with Crippen molar-refractivity contribution in [1.82, 2.24) is 15.0 Å². The first-order valence-corrected chi connectivity index (χ1v) is 8.44. The SMILES string of the molecule is Cc1noc(C)c1CC(=O)N1CCC(Oc2cccnc2N(C)C)C1. The fourth-order valence-corrected chi connectivity index (χ4v) is 3.06. The largest absolute Gasteiger partial charge is 0.485 e. The first-order valence-electron chi connectivity index (χ1n) is 8.44. The third kappa shape index (κ3) is 3.75. The van der Waals surface area contributed by atoms with E-state index < -0.39 is 0 Å². The lowest BCUT2D eigenvalue weighted by Crippen LogP contribution is -2.32. The molecule has 0 N–H and O–H groups in total. The van der Waals surface area contributed by atoms with E-state index in [4.69, 9.17) is 9.26 Å². The van der Waals surface area contributed by atoms with Crippen LogP contribution in [0.4, 0.5) is 5.82 Å². The highest BCUT2D eigenvalue weighted by atomic mass is 16.5. The third-order valence-corrected chi connectivity index (χ3v) is 4.48. The van der Waals surface area contributed by atoms with E-state index >= 15 is 0 Å². The fraction of sp³-hybridized carbons (Fsp3) is 0.500. The van der Waals surface area contributed by atoms with Crippen LogP contribution in [0.25, 0.3) is 0 Å². The molecule has 1 unspecified atom stereocenters. The summed E-state index contributed by atoms with van der Waals surface area (Å²) in [5.74, 6) is 2.34. The van der Waals surface area contributed by atoms with Gasteiger partial charge in [-0.15, -0.1) is 0 Å². The number of pyridine rings is 1. The number of aromatic nitrogens is 2. The standard InChI is InChI=1S/C18H24N4O3/c1-12-15(13(2)25-20-12)10-17(23)22-9-7-14(11-22)24-16-6-5-8-19-18(16)21(3)4/h5-6,8,14H,7,9-11H2,1-4H3. The number of hydrogen-bond acceptors (Lipinski definition) is 6. The molecule has 3 rings (SSSR count). The summed E-state index contributed by atoms with van der Waals surface area (Å²) >= 11 is 0. The van der Waals surface area contributed by atoms with Crippen molar-refractivity contribution in [3.8, 4) is 5.75 Å². The number of hydrogen-bond donors (Lipinski definition) is 0. The number of aryl methyl sites for hydroxylation is 2. The average molecular weight is 344 g/mol. The first kappa shape index (κ1) is 17.3. The fourth-order valence-electron chi connectivity index (χ4n) is 3.06. The molecule has 7 heteroatoms. The Morgan fingerprint density at radius 1 is 1.44 bits per heavy atom. The van der Waals surface area contributed by atoms with Crippen LogP contribution in [0.15, 0.2) is 22.9 Å². The zero-order valence-corrected chi connectivity index (χ0v) is 15.2. The number of rotatable bonds is 5. The lowest BCUT2D eigenvalue weighted by molar-refractivity contribution is -0.129. The van der Waals surface area contributed by atoms with Gasteiger partial charge in [0.05, 0.1) is 18.7 Å². The van der Waals surface area contributed by atoms with Crippen LogP contribution in [-0.2, 0) is 11.2 Å². The van der Waals surface area contributed by atoms with Gasteiger partial charge in [-0.3, -0.25) is 4.79 Å². The molecule has 0 saturated carbocycles. The van der Waals surface area contributed by atoms with Crippen molar-refractivity contribution in [2.24, 2.45) is 0 Å². The predicted octanol–water partition coefficient (Wildman–Crippen LogP) is 1.97. The van der Waals surface area contributed by atoms with Crippen molar-refractivity contribution in [3.05, 3.63) is 35.3 Å². The second-order valence-corrected chi connectivity index (χ2v) is 6.57. The minimum atomic E-state index is -0.0171. The van der Waals surface area contributed by atoms with Crippen molar-refractivity contribution in [3.63, 3.8) is 0 Å². The summed E-state index contributed by atoms with van der Waals surface area (Å²) in [6.45, 7) is 4.98. The quantitative estimate of drug-likeness (QED) is 0.826. The van der Waals surface area contributed by atoms with Crippen LogP contribution in [0.1, 0.15) is 23.4 Å². The van der Waals surface area contributed by atoms with E-state index in [9.17, 15) is 4.79 Å². The van der Waals surface area contributed by atoms with E-state index in [0.717, 1.165) is 29.2 Å². The number of carbonyl (C=O) groups excluding carboxylic acids is 1. The molecule has 134 valence electrons. The molecule has 1 fully saturated rings. The lowest BCUT2D eigenvalue weighted by atomic mass is 10.1. The Morgan fingerprint density at radius 2 is 2.24 bits per heavy atom. The number of nitrogens with zero attached hydrogens (tertiary/aromatic N) is 4. The van der Waals surface area contributed by atoms with Crippen molar-refractivity contribution in [1.29, 1.82) is 0 Å². The van der Waals surface area contributed by atoms with Gasteiger partial charge in [-0.2, -0.15) is 0 Å². The van der Waals surface area contributed by atoms with Crippen molar-refractivity contribution in [2.45, 2.75) is 32.8 Å². The second kappa shape index (κ2) is 7.13. The van der Waals surface area contributed by atoms with E-state index in [1.54, 1.807) is 6.20 Å². The molecule has 0 aromatic carbocycles. The highest BCUT2D eigenvalue weighted by Crippen LogP contribution is 2.27. The van der Waals surface area contributed by atoms with Gasteiger partial charge in [0, 0.05) is 38.8 Å². The summed E-state index contributed by atoms with van der Waals surface area (Å²) in [6.07, 6.45) is 2.87. The molecule has 1 aliphatic rings. The van der Waals surface area contributed by atoms with E-state index in [-0.39, 0.29) is 12.0 Å². The molecular formula is C18H24N4O3. The van der Waals surface area contributed by atoms with Crippen LogP contribution >= 0.6 is 0 Å². The van der Waals surface area contributed by atoms with Crippen LogP contribution in [0.3, 0.4) is 0 Å². The van der Waals surface area contributed by atoms with Crippen LogP contribution < -0.4 is 9.64 Å². The van der Waals surface area contributed by atoms with Gasteiger partial charge >= 0.3 is 0 Å². The molecule has 1 amide bonds. The van der Waals surface area contributed by atoms with Gasteiger partial charge in [0.15, 0.2) is 11.6 Å². The summed E-state index contributed by atoms with van der Waals surface area (Å²) < 4.78 is 11.2. The summed E-state index contributed by atoms with van der Waals surface area (Å²) in [5, 5.41) is 3.91. The highest BCUT2D eigenvalue weighted by Gasteiger charge is 2.29. The number of anilines is 1. The van der Waals surface area contributed by atoms with Crippen molar-refractivity contribution in [2.75, 3.05) is 32.1 Å². The summed E-state index contributed by atoms with van der Waals surface area (Å²) in [5.41, 5.74) is 1.67. The number of likely N-dealkylation sites (tertiary alicyclic amines) is 1. The minimum Gasteiger partial charge on any atom is -0.485 e. The molecule has 1 saturated heterocycles. The maximum atomic E-state index is 12.6. The Morgan fingerprint density at radius 3 is 2.92 bits per heavy atom. The topological polar surface area (TPSA) is 71.7 Å². The zero-order valence-electron chi connectivity index (χ0n) is 15.2. The normalized spacial score (nSPS) is 17.0. The maximum Gasteiger partial charge on any atom is 0.227 e. The van der Waals surface area contributed by atoms with Gasteiger partial charge in [0.25, 0.3) is 0 Å². The maximum absolute atomic E-state index is 12.6. The van der Waals surface area contributed by atoms with Gasteiger partial charge in [-0.1, -0.05) is 5.16 Å². The van der Waals surface area contributed by atoms with E-state index in [1.165, 1.54) is 0 Å². The van der Waals surface area contributed by atoms with Gasteiger partial charge in [-0.25, -0.2) is 4.98 Å². The van der Waals surface area contributed by atoms with E-state index in [2.05, 4.69) is 10.1 Å². The summed E-state index contributed by atoms with van der Waals surface area (Å²) in [6, 6.07) is 3.77. The van der Waals surface area contributed by atoms with Gasteiger partial charge < -0.3 is 19.1 Å². The van der Waals surface area contributed by atoms with Crippen LogP contribution in [-0.4, -0.2) is 54.2 Å². The van der Waals surface area contributed by atoms with Crippen LogP contribution in [0.5, 0.6) is 5.75 Å². The van der Waals surface area contributed by atoms with Gasteiger partial charge in [0.2, 0.25) is 5.91 Å². The summed E-state index contributed by atoms with van der Waals surface area (Å²) in [4.78, 5) is 20.7. The number of ether oxygens (including phenoxy) is 1. The van der Waals surface area contributed by atoms with Crippen LogP contribution in [0, 0.1) is 13.8 Å². The smallest absolute Gasteiger partial charge is 0.227 e. The predicted molar refractivity (Wildman–Crippen MR) is 93.9 cm³/mol. The summed E-state index contributed by atoms with van der Waals surface area (Å²) in [7, 11) is 3.87. The second-order valence-electron chi connectivity index (χ2n) is 6.57. The van der Waals surface area contributed by atoms with Gasteiger partial charge in [0.1, 0.15) is 11.9 Å². The van der Waals surface area contributed by atoms with Crippen LogP contribution in [0.2, 0.25) is 0 Å². The molecule has 1 atom stereocenters. The minimum absolute atomic E-state index is 0.0171. The molecule has 25 heavy (non-hydrogen) atoms. The first-order chi connectivity index (χ1) is 12.0. The molecular weight excluding hydrogens is 320 g/mol. The Balaban J connectivity index is 1.61. The number of carbonyl (C=O) groups is 1. The monoisotopic (exact) mass is 344 g/mol. The lowest BCUT2D eigenvalue weighted by Gasteiger charge is -2.20. The third-order valence-electron chi connectivity index (χ3n) is 4.48. The van der Waals surface area contributed by atoms with Gasteiger partial charge in [-0.05, 0) is 26.0 Å². The zero-order chi connectivity index (χ0) is 18.0. The average Bonchev–Trinajstić information content (AvgIpc) is 3.17. The molecule has 0 bridgehead atoms. The highest BCUT2D eigenvalue weighted by molar-refractivity contribution is 5.79. The Hall–Kier alpha value is -2.57. The Labute approximate surface area is 147 Å². The molecule has 0 aliphatic carbocycles. The Kier molecular flexibility index (Phi) is 4.92. The molecule has 2 aromatic heterocycles. The van der Waals surface area contributed by atoms with Crippen molar-refractivity contribution >= 4 is 11.7 Å². The van der Waals surface area contributed by atoms with E-state index in [0.29, 0.717) is 25.3 Å². The van der Waals surface area contributed by atoms with E-state index in [1.807, 2.05) is 49.9 Å². The van der Waals surface area contributed by atoms with Crippen molar-refractivity contribution < 1.29 is 14.1 Å².